The fraction of sp³-hybridized carbons (Fsp3) is 0.917. The molecule has 0 amide bonds. The van der Waals surface area contributed by atoms with Crippen LogP contribution < -0.4 is 11.3 Å². The molecule has 0 unspecified atom stereocenters. The van der Waals surface area contributed by atoms with Gasteiger partial charge in [0.05, 0.1) is 6.04 Å². The first-order valence-corrected chi connectivity index (χ1v) is 6.40. The molecule has 1 aliphatic carbocycles. The van der Waals surface area contributed by atoms with E-state index in [0.717, 1.165) is 19.0 Å². The summed E-state index contributed by atoms with van der Waals surface area (Å²) >= 11 is 0. The van der Waals surface area contributed by atoms with E-state index in [1.165, 1.54) is 32.1 Å². The molecule has 1 aliphatic heterocycles. The van der Waals surface area contributed by atoms with Gasteiger partial charge in [-0.15, -0.1) is 0 Å². The number of nitrogens with two attached hydrogens (primary N) is 1. The molecule has 1 saturated heterocycles. The summed E-state index contributed by atoms with van der Waals surface area (Å²) in [5.74, 6) is 6.48. The smallest absolute Gasteiger partial charge is 0.208 e. The molecule has 0 atom stereocenters. The van der Waals surface area contributed by atoms with Gasteiger partial charge in [-0.3, -0.25) is 5.43 Å². The fourth-order valence-electron chi connectivity index (χ4n) is 2.22. The third-order valence-electron chi connectivity index (χ3n) is 3.62. The summed E-state index contributed by atoms with van der Waals surface area (Å²) in [7, 11) is 0. The van der Waals surface area contributed by atoms with Crippen LogP contribution in [0.5, 0.6) is 0 Å². The van der Waals surface area contributed by atoms with Crippen molar-refractivity contribution in [1.29, 1.82) is 0 Å². The third-order valence-corrected chi connectivity index (χ3v) is 3.62. The van der Waals surface area contributed by atoms with Crippen molar-refractivity contribution in [3.8, 4) is 0 Å². The zero-order chi connectivity index (χ0) is 11.6. The maximum absolute atomic E-state index is 5.58. The van der Waals surface area contributed by atoms with E-state index in [2.05, 4.69) is 29.2 Å². The lowest BCUT2D eigenvalue weighted by molar-refractivity contribution is 0.312. The predicted molar refractivity (Wildman–Crippen MR) is 67.0 cm³/mol. The van der Waals surface area contributed by atoms with Crippen molar-refractivity contribution >= 4 is 5.96 Å². The Hall–Kier alpha value is -0.770. The van der Waals surface area contributed by atoms with Gasteiger partial charge in [-0.25, -0.2) is 10.8 Å². The average molecular weight is 224 g/mol. The minimum absolute atomic E-state index is 0.466. The second-order valence-electron chi connectivity index (χ2n) is 5.83. The zero-order valence-electron chi connectivity index (χ0n) is 10.5. The molecule has 0 aromatic heterocycles. The van der Waals surface area contributed by atoms with Crippen LogP contribution >= 0.6 is 0 Å². The Morgan fingerprint density at radius 1 is 1.31 bits per heavy atom. The molecule has 0 radical (unpaired) electrons. The Balaban J connectivity index is 1.97. The van der Waals surface area contributed by atoms with Crippen LogP contribution in [0.2, 0.25) is 0 Å². The van der Waals surface area contributed by atoms with Crippen LogP contribution in [0.15, 0.2) is 4.99 Å². The van der Waals surface area contributed by atoms with Gasteiger partial charge < -0.3 is 4.90 Å². The second-order valence-corrected chi connectivity index (χ2v) is 5.83. The summed E-state index contributed by atoms with van der Waals surface area (Å²) < 4.78 is 0. The Kier molecular flexibility index (Phi) is 3.38. The standard InChI is InChI=1S/C12H24N4/c1-12(2)6-3-8-16(9-7-12)11(15-13)14-10-4-5-10/h10H,3-9,13H2,1-2H3,(H,14,15). The molecular formula is C12H24N4. The SMILES string of the molecule is CC1(C)CCCN(C(=NC2CC2)NN)CC1. The molecule has 4 heteroatoms. The third kappa shape index (κ3) is 3.11. The van der Waals surface area contributed by atoms with Crippen molar-refractivity contribution in [2.45, 2.75) is 52.0 Å². The summed E-state index contributed by atoms with van der Waals surface area (Å²) in [5, 5.41) is 0. The van der Waals surface area contributed by atoms with Crippen LogP contribution in [0.25, 0.3) is 0 Å². The Bertz CT molecular complexity index is 268. The Morgan fingerprint density at radius 2 is 2.06 bits per heavy atom. The van der Waals surface area contributed by atoms with E-state index in [-0.39, 0.29) is 0 Å². The average Bonchev–Trinajstić information content (AvgIpc) is 3.03. The van der Waals surface area contributed by atoms with E-state index in [1.807, 2.05) is 0 Å². The first-order chi connectivity index (χ1) is 7.61. The number of likely N-dealkylation sites (tertiary alicyclic amines) is 1. The van der Waals surface area contributed by atoms with Gasteiger partial charge in [0.25, 0.3) is 0 Å². The van der Waals surface area contributed by atoms with Crippen molar-refractivity contribution in [3.05, 3.63) is 0 Å². The van der Waals surface area contributed by atoms with Crippen molar-refractivity contribution < 1.29 is 0 Å². The van der Waals surface area contributed by atoms with Crippen LogP contribution in [-0.4, -0.2) is 30.0 Å². The molecule has 0 bridgehead atoms. The Labute approximate surface area is 98.3 Å². The molecule has 1 heterocycles. The minimum atomic E-state index is 0.466. The van der Waals surface area contributed by atoms with Crippen LogP contribution in [0.3, 0.4) is 0 Å². The number of nitrogens with zero attached hydrogens (tertiary/aromatic N) is 2. The lowest BCUT2D eigenvalue weighted by Crippen LogP contribution is -2.45. The normalized spacial score (nSPS) is 26.4. The highest BCUT2D eigenvalue weighted by atomic mass is 15.4. The number of aliphatic imine (C=N–C) groups is 1. The topological polar surface area (TPSA) is 53.6 Å². The molecule has 3 N–H and O–H groups in total. The van der Waals surface area contributed by atoms with Gasteiger partial charge in [-0.2, -0.15) is 0 Å². The quantitative estimate of drug-likeness (QED) is 0.307. The van der Waals surface area contributed by atoms with Crippen LogP contribution in [0, 0.1) is 5.41 Å². The van der Waals surface area contributed by atoms with Crippen molar-refractivity contribution in [1.82, 2.24) is 10.3 Å². The van der Waals surface area contributed by atoms with Crippen LogP contribution in [-0.2, 0) is 0 Å². The van der Waals surface area contributed by atoms with Gasteiger partial charge in [-0.1, -0.05) is 13.8 Å². The fourth-order valence-corrected chi connectivity index (χ4v) is 2.22. The molecule has 92 valence electrons. The molecule has 2 aliphatic rings. The molecule has 0 spiro atoms. The zero-order valence-corrected chi connectivity index (χ0v) is 10.5. The molecule has 4 nitrogen and oxygen atoms in total. The first kappa shape index (κ1) is 11.7. The van der Waals surface area contributed by atoms with Crippen LogP contribution in [0.1, 0.15) is 46.0 Å². The van der Waals surface area contributed by atoms with Gasteiger partial charge >= 0.3 is 0 Å². The van der Waals surface area contributed by atoms with Gasteiger partial charge in [0.2, 0.25) is 5.96 Å². The molecule has 0 aromatic rings. The number of rotatable bonds is 1. The van der Waals surface area contributed by atoms with Crippen LogP contribution in [0.4, 0.5) is 0 Å². The summed E-state index contributed by atoms with van der Waals surface area (Å²) in [6, 6.07) is 0.530. The van der Waals surface area contributed by atoms with E-state index < -0.39 is 0 Å². The minimum Gasteiger partial charge on any atom is -0.342 e. The second kappa shape index (κ2) is 4.62. The molecule has 16 heavy (non-hydrogen) atoms. The van der Waals surface area contributed by atoms with Gasteiger partial charge in [0.1, 0.15) is 0 Å². The van der Waals surface area contributed by atoms with Gasteiger partial charge in [-0.05, 0) is 37.5 Å². The number of hydrogen-bond donors (Lipinski definition) is 2. The highest BCUT2D eigenvalue weighted by Crippen LogP contribution is 2.30. The monoisotopic (exact) mass is 224 g/mol. The summed E-state index contributed by atoms with van der Waals surface area (Å²) in [6.45, 7) is 6.86. The maximum atomic E-state index is 5.58. The molecular weight excluding hydrogens is 200 g/mol. The summed E-state index contributed by atoms with van der Waals surface area (Å²) in [5.41, 5.74) is 3.24. The predicted octanol–water partition coefficient (Wildman–Crippen LogP) is 1.48. The lowest BCUT2D eigenvalue weighted by atomic mass is 9.85. The van der Waals surface area contributed by atoms with E-state index in [1.54, 1.807) is 0 Å². The lowest BCUT2D eigenvalue weighted by Gasteiger charge is -2.25. The largest absolute Gasteiger partial charge is 0.342 e. The summed E-state index contributed by atoms with van der Waals surface area (Å²) in [4.78, 5) is 6.94. The molecule has 2 fully saturated rings. The molecule has 2 rings (SSSR count). The highest BCUT2D eigenvalue weighted by molar-refractivity contribution is 5.79. The highest BCUT2D eigenvalue weighted by Gasteiger charge is 2.26. The first-order valence-electron chi connectivity index (χ1n) is 6.40. The summed E-state index contributed by atoms with van der Waals surface area (Å²) in [6.07, 6.45) is 6.20. The Morgan fingerprint density at radius 3 is 2.69 bits per heavy atom. The number of nitrogens with one attached hydrogen (secondary N) is 1. The van der Waals surface area contributed by atoms with Crippen molar-refractivity contribution in [3.63, 3.8) is 0 Å². The number of hydrogen-bond acceptors (Lipinski definition) is 2. The van der Waals surface area contributed by atoms with Gasteiger partial charge in [0.15, 0.2) is 0 Å². The van der Waals surface area contributed by atoms with Crippen molar-refractivity contribution in [2.75, 3.05) is 13.1 Å². The number of hydrazine groups is 1. The number of guanidine groups is 1. The molecule has 1 saturated carbocycles. The van der Waals surface area contributed by atoms with E-state index >= 15 is 0 Å². The van der Waals surface area contributed by atoms with E-state index in [4.69, 9.17) is 5.84 Å². The maximum Gasteiger partial charge on any atom is 0.208 e. The van der Waals surface area contributed by atoms with E-state index in [9.17, 15) is 0 Å². The van der Waals surface area contributed by atoms with Gasteiger partial charge in [0, 0.05) is 13.1 Å². The molecule has 0 aromatic carbocycles. The van der Waals surface area contributed by atoms with E-state index in [0.29, 0.717) is 11.5 Å². The van der Waals surface area contributed by atoms with Crippen molar-refractivity contribution in [2.24, 2.45) is 16.3 Å².